The van der Waals surface area contributed by atoms with Crippen molar-refractivity contribution in [1.29, 1.82) is 0 Å². The molecule has 0 atom stereocenters. The summed E-state index contributed by atoms with van der Waals surface area (Å²) < 4.78 is 13.1. The van der Waals surface area contributed by atoms with Crippen molar-refractivity contribution in [2.75, 3.05) is 0 Å². The fraction of sp³-hybridized carbons (Fsp3) is 0.0909. The third kappa shape index (κ3) is 4.86. The van der Waals surface area contributed by atoms with E-state index in [4.69, 9.17) is 0 Å². The Hall–Kier alpha value is -3.27. The number of hydrogen-bond acceptors (Lipinski definition) is 2. The average Bonchev–Trinajstić information content (AvgIpc) is 2.67. The van der Waals surface area contributed by atoms with E-state index in [2.05, 4.69) is 22.7 Å². The van der Waals surface area contributed by atoms with Gasteiger partial charge in [-0.15, -0.1) is 0 Å². The molecule has 0 spiro atoms. The molecular weight excluding hydrogens is 327 g/mol. The summed E-state index contributed by atoms with van der Waals surface area (Å²) in [4.78, 5) is 12.4. The molecule has 1 amide bonds. The van der Waals surface area contributed by atoms with Gasteiger partial charge in [0.05, 0.1) is 6.21 Å². The molecule has 3 rings (SSSR count). The number of rotatable bonds is 6. The summed E-state index contributed by atoms with van der Waals surface area (Å²) in [5.74, 6) is -0.618. The van der Waals surface area contributed by atoms with Gasteiger partial charge in [-0.3, -0.25) is 4.79 Å². The fourth-order valence-corrected chi connectivity index (χ4v) is 2.70. The second-order valence-corrected chi connectivity index (χ2v) is 5.90. The van der Waals surface area contributed by atoms with Crippen LogP contribution in [0.1, 0.15) is 27.0 Å². The monoisotopic (exact) mass is 346 g/mol. The van der Waals surface area contributed by atoms with Crippen molar-refractivity contribution in [2.24, 2.45) is 5.10 Å². The molecule has 0 bridgehead atoms. The number of nitrogens with one attached hydrogen (secondary N) is 1. The van der Waals surface area contributed by atoms with E-state index in [0.29, 0.717) is 11.1 Å². The third-order valence-corrected chi connectivity index (χ3v) is 4.02. The second-order valence-electron chi connectivity index (χ2n) is 5.90. The van der Waals surface area contributed by atoms with Gasteiger partial charge >= 0.3 is 0 Å². The van der Waals surface area contributed by atoms with E-state index in [9.17, 15) is 9.18 Å². The van der Waals surface area contributed by atoms with Crippen LogP contribution in [0.15, 0.2) is 84.0 Å². The minimum atomic E-state index is -0.341. The van der Waals surface area contributed by atoms with Crippen LogP contribution in [-0.2, 0) is 12.8 Å². The Morgan fingerprint density at radius 2 is 1.69 bits per heavy atom. The summed E-state index contributed by atoms with van der Waals surface area (Å²) >= 11 is 0. The van der Waals surface area contributed by atoms with Crippen molar-refractivity contribution in [2.45, 2.75) is 12.8 Å². The van der Waals surface area contributed by atoms with Gasteiger partial charge in [-0.1, -0.05) is 60.7 Å². The van der Waals surface area contributed by atoms with Crippen LogP contribution in [0, 0.1) is 5.82 Å². The van der Waals surface area contributed by atoms with Gasteiger partial charge in [0.2, 0.25) is 0 Å². The maximum absolute atomic E-state index is 13.1. The molecule has 0 fully saturated rings. The van der Waals surface area contributed by atoms with Gasteiger partial charge in [0.1, 0.15) is 5.82 Å². The minimum Gasteiger partial charge on any atom is -0.267 e. The number of carbonyl (C=O) groups is 1. The first-order chi connectivity index (χ1) is 12.7. The largest absolute Gasteiger partial charge is 0.271 e. The molecule has 0 saturated carbocycles. The Kier molecular flexibility index (Phi) is 5.88. The van der Waals surface area contributed by atoms with Crippen molar-refractivity contribution >= 4 is 12.1 Å². The Bertz CT molecular complexity index is 907. The standard InChI is InChI=1S/C22H19FN2O/c23-20-11-6-9-18(15-20)16-24-25-22(26)21-12-5-4-10-19(21)14-13-17-7-2-1-3-8-17/h1-12,15-16H,13-14H2,(H,25,26)/b24-16+. The van der Waals surface area contributed by atoms with Gasteiger partial charge in [-0.2, -0.15) is 5.10 Å². The number of aryl methyl sites for hydroxylation is 2. The van der Waals surface area contributed by atoms with Crippen LogP contribution in [0.25, 0.3) is 0 Å². The van der Waals surface area contributed by atoms with Crippen LogP contribution >= 0.6 is 0 Å². The van der Waals surface area contributed by atoms with Crippen molar-refractivity contribution < 1.29 is 9.18 Å². The normalized spacial score (nSPS) is 10.8. The summed E-state index contributed by atoms with van der Waals surface area (Å²) in [7, 11) is 0. The minimum absolute atomic E-state index is 0.277. The summed E-state index contributed by atoms with van der Waals surface area (Å²) in [5, 5.41) is 3.93. The first-order valence-electron chi connectivity index (χ1n) is 8.43. The lowest BCUT2D eigenvalue weighted by Crippen LogP contribution is -2.19. The van der Waals surface area contributed by atoms with E-state index in [1.54, 1.807) is 18.2 Å². The molecule has 0 unspecified atom stereocenters. The SMILES string of the molecule is O=C(N/N=C/c1cccc(F)c1)c1ccccc1CCc1ccccc1. The van der Waals surface area contributed by atoms with E-state index in [-0.39, 0.29) is 11.7 Å². The molecule has 4 heteroatoms. The van der Waals surface area contributed by atoms with Crippen LogP contribution in [0.3, 0.4) is 0 Å². The second kappa shape index (κ2) is 8.72. The summed E-state index contributed by atoms with van der Waals surface area (Å²) in [5.41, 5.74) is 5.89. The van der Waals surface area contributed by atoms with Gasteiger partial charge in [0, 0.05) is 5.56 Å². The lowest BCUT2D eigenvalue weighted by atomic mass is 9.99. The summed E-state index contributed by atoms with van der Waals surface area (Å²) in [6.45, 7) is 0. The molecule has 0 radical (unpaired) electrons. The van der Waals surface area contributed by atoms with Crippen molar-refractivity contribution in [3.8, 4) is 0 Å². The molecule has 0 heterocycles. The van der Waals surface area contributed by atoms with Crippen LogP contribution in [0.4, 0.5) is 4.39 Å². The van der Waals surface area contributed by atoms with Gasteiger partial charge in [0.25, 0.3) is 5.91 Å². The number of carbonyl (C=O) groups excluding carboxylic acids is 1. The number of benzene rings is 3. The quantitative estimate of drug-likeness (QED) is 0.522. The van der Waals surface area contributed by atoms with E-state index in [1.807, 2.05) is 36.4 Å². The highest BCUT2D eigenvalue weighted by molar-refractivity contribution is 5.96. The molecule has 3 aromatic rings. The van der Waals surface area contributed by atoms with Crippen LogP contribution in [-0.4, -0.2) is 12.1 Å². The number of halogens is 1. The van der Waals surface area contributed by atoms with E-state index in [1.165, 1.54) is 23.9 Å². The summed E-state index contributed by atoms with van der Waals surface area (Å²) in [6, 6.07) is 23.7. The molecule has 3 aromatic carbocycles. The molecule has 0 aliphatic heterocycles. The number of hydrogen-bond donors (Lipinski definition) is 1. The van der Waals surface area contributed by atoms with Crippen LogP contribution < -0.4 is 5.43 Å². The lowest BCUT2D eigenvalue weighted by Gasteiger charge is -2.08. The topological polar surface area (TPSA) is 41.5 Å². The maximum Gasteiger partial charge on any atom is 0.271 e. The van der Waals surface area contributed by atoms with Crippen LogP contribution in [0.5, 0.6) is 0 Å². The Morgan fingerprint density at radius 3 is 2.50 bits per heavy atom. The van der Waals surface area contributed by atoms with Crippen molar-refractivity contribution in [3.05, 3.63) is 107 Å². The van der Waals surface area contributed by atoms with E-state index >= 15 is 0 Å². The van der Waals surface area contributed by atoms with Crippen molar-refractivity contribution in [1.82, 2.24) is 5.43 Å². The Labute approximate surface area is 152 Å². The highest BCUT2D eigenvalue weighted by Gasteiger charge is 2.10. The number of amides is 1. The fourth-order valence-electron chi connectivity index (χ4n) is 2.70. The Balaban J connectivity index is 1.65. The smallest absolute Gasteiger partial charge is 0.267 e. The molecule has 130 valence electrons. The van der Waals surface area contributed by atoms with Gasteiger partial charge < -0.3 is 0 Å². The number of nitrogens with zero attached hydrogens (tertiary/aromatic N) is 1. The molecule has 1 N–H and O–H groups in total. The zero-order valence-corrected chi connectivity index (χ0v) is 14.2. The molecule has 0 saturated heterocycles. The van der Waals surface area contributed by atoms with E-state index < -0.39 is 0 Å². The maximum atomic E-state index is 13.1. The van der Waals surface area contributed by atoms with Crippen molar-refractivity contribution in [3.63, 3.8) is 0 Å². The van der Waals surface area contributed by atoms with E-state index in [0.717, 1.165) is 18.4 Å². The highest BCUT2D eigenvalue weighted by Crippen LogP contribution is 2.13. The first-order valence-corrected chi connectivity index (χ1v) is 8.43. The van der Waals surface area contributed by atoms with Crippen LogP contribution in [0.2, 0.25) is 0 Å². The predicted molar refractivity (Wildman–Crippen MR) is 102 cm³/mol. The third-order valence-electron chi connectivity index (χ3n) is 4.02. The zero-order chi connectivity index (χ0) is 18.2. The molecule has 0 aromatic heterocycles. The molecular formula is C22H19FN2O. The van der Waals surface area contributed by atoms with Gasteiger partial charge in [-0.25, -0.2) is 9.82 Å². The average molecular weight is 346 g/mol. The molecule has 0 aliphatic rings. The molecule has 3 nitrogen and oxygen atoms in total. The predicted octanol–water partition coefficient (Wildman–Crippen LogP) is 4.37. The zero-order valence-electron chi connectivity index (χ0n) is 14.2. The number of hydrazone groups is 1. The summed E-state index contributed by atoms with van der Waals surface area (Å²) in [6.07, 6.45) is 3.05. The molecule has 26 heavy (non-hydrogen) atoms. The first kappa shape index (κ1) is 17.5. The highest BCUT2D eigenvalue weighted by atomic mass is 19.1. The van der Waals surface area contributed by atoms with Gasteiger partial charge in [-0.05, 0) is 47.7 Å². The lowest BCUT2D eigenvalue weighted by molar-refractivity contribution is 0.0954. The molecule has 0 aliphatic carbocycles. The Morgan fingerprint density at radius 1 is 0.923 bits per heavy atom. The van der Waals surface area contributed by atoms with Gasteiger partial charge in [0.15, 0.2) is 0 Å².